The number of amides is 1. The normalized spacial score (nSPS) is 14.8. The van der Waals surface area contributed by atoms with Gasteiger partial charge in [-0.05, 0) is 43.9 Å². The van der Waals surface area contributed by atoms with Crippen molar-refractivity contribution in [3.05, 3.63) is 54.0 Å². The van der Waals surface area contributed by atoms with Crippen molar-refractivity contribution >= 4 is 22.8 Å². The molecule has 9 heteroatoms. The molecule has 2 aromatic heterocycles. The Balaban J connectivity index is 1.33. The van der Waals surface area contributed by atoms with E-state index < -0.39 is 5.91 Å². The van der Waals surface area contributed by atoms with Crippen LogP contribution in [0.25, 0.3) is 10.9 Å². The van der Waals surface area contributed by atoms with Gasteiger partial charge in [0.15, 0.2) is 0 Å². The Bertz CT molecular complexity index is 1060. The van der Waals surface area contributed by atoms with Gasteiger partial charge in [-0.1, -0.05) is 25.1 Å². The van der Waals surface area contributed by atoms with Gasteiger partial charge >= 0.3 is 0 Å². The van der Waals surface area contributed by atoms with Crippen molar-refractivity contribution < 1.29 is 15.0 Å². The van der Waals surface area contributed by atoms with Crippen LogP contribution in [0.3, 0.4) is 0 Å². The minimum atomic E-state index is -0.593. The van der Waals surface area contributed by atoms with E-state index in [1.807, 2.05) is 5.48 Å². The molecule has 1 fully saturated rings. The van der Waals surface area contributed by atoms with Crippen LogP contribution in [-0.2, 0) is 18.1 Å². The third-order valence-corrected chi connectivity index (χ3v) is 6.51. The van der Waals surface area contributed by atoms with Crippen LogP contribution in [0.5, 0.6) is 0 Å². The van der Waals surface area contributed by atoms with E-state index in [1.165, 1.54) is 28.9 Å². The first-order valence-electron chi connectivity index (χ1n) is 11.6. The number of hydroxylamine groups is 1. The molecule has 1 saturated heterocycles. The number of para-hydroxylation sites is 1. The molecule has 0 aliphatic carbocycles. The predicted molar refractivity (Wildman–Crippen MR) is 127 cm³/mol. The summed E-state index contributed by atoms with van der Waals surface area (Å²) >= 11 is 0. The van der Waals surface area contributed by atoms with Crippen molar-refractivity contribution in [2.24, 2.45) is 5.92 Å². The van der Waals surface area contributed by atoms with Crippen molar-refractivity contribution in [3.63, 3.8) is 0 Å². The van der Waals surface area contributed by atoms with Gasteiger partial charge in [0.25, 0.3) is 5.91 Å². The summed E-state index contributed by atoms with van der Waals surface area (Å²) in [7, 11) is 0. The van der Waals surface area contributed by atoms with E-state index >= 15 is 0 Å². The first-order chi connectivity index (χ1) is 16.1. The molecule has 176 valence electrons. The van der Waals surface area contributed by atoms with Crippen LogP contribution in [0.15, 0.2) is 42.9 Å². The summed E-state index contributed by atoms with van der Waals surface area (Å²) in [5, 5.41) is 9.67. The second kappa shape index (κ2) is 10.7. The van der Waals surface area contributed by atoms with Crippen LogP contribution in [0.1, 0.15) is 42.6 Å². The molecule has 9 nitrogen and oxygen atoms in total. The Morgan fingerprint density at radius 2 is 1.94 bits per heavy atom. The largest absolute Gasteiger partial charge is 0.347 e. The quantitative estimate of drug-likeness (QED) is 0.380. The second-order valence-electron chi connectivity index (χ2n) is 8.51. The number of hydrogen-bond donors (Lipinski definition) is 2. The molecule has 0 radical (unpaired) electrons. The summed E-state index contributed by atoms with van der Waals surface area (Å²) in [4.78, 5) is 28.6. The number of rotatable bonds is 9. The van der Waals surface area contributed by atoms with Gasteiger partial charge in [0.2, 0.25) is 5.95 Å². The molecule has 3 aromatic rings. The lowest BCUT2D eigenvalue weighted by Crippen LogP contribution is -2.39. The summed E-state index contributed by atoms with van der Waals surface area (Å²) in [5.41, 5.74) is 4.78. The van der Waals surface area contributed by atoms with Gasteiger partial charge in [-0.2, -0.15) is 5.48 Å². The number of anilines is 1. The number of hydrogen-bond acceptors (Lipinski definition) is 7. The lowest BCUT2D eigenvalue weighted by molar-refractivity contribution is -0.277. The maximum absolute atomic E-state index is 11.6. The summed E-state index contributed by atoms with van der Waals surface area (Å²) in [5.74, 6) is 0.659. The Labute approximate surface area is 193 Å². The number of piperidine rings is 1. The average molecular weight is 453 g/mol. The third kappa shape index (κ3) is 5.32. The first-order valence-corrected chi connectivity index (χ1v) is 11.6. The summed E-state index contributed by atoms with van der Waals surface area (Å²) in [6.07, 6.45) is 7.35. The number of aromatic nitrogens is 3. The molecule has 1 amide bonds. The molecule has 0 atom stereocenters. The fraction of sp³-hybridized carbons (Fsp3) is 0.458. The summed E-state index contributed by atoms with van der Waals surface area (Å²) < 4.78 is 2.34. The molecule has 0 unspecified atom stereocenters. The van der Waals surface area contributed by atoms with Gasteiger partial charge in [-0.3, -0.25) is 9.69 Å². The number of nitrogens with one attached hydrogen (secondary N) is 1. The molecule has 4 rings (SSSR count). The summed E-state index contributed by atoms with van der Waals surface area (Å²) in [6, 6.07) is 8.67. The molecular weight excluding hydrogens is 420 g/mol. The van der Waals surface area contributed by atoms with Gasteiger partial charge in [0.05, 0.1) is 5.56 Å². The predicted octanol–water partition coefficient (Wildman–Crippen LogP) is 3.32. The molecule has 0 spiro atoms. The van der Waals surface area contributed by atoms with Crippen LogP contribution in [-0.4, -0.2) is 56.8 Å². The van der Waals surface area contributed by atoms with Crippen LogP contribution >= 0.6 is 0 Å². The van der Waals surface area contributed by atoms with Crippen LogP contribution in [0, 0.1) is 5.92 Å². The molecular formula is C24H32N6O3. The van der Waals surface area contributed by atoms with E-state index in [0.717, 1.165) is 52.1 Å². The van der Waals surface area contributed by atoms with E-state index in [0.29, 0.717) is 11.9 Å². The molecule has 1 aliphatic rings. The zero-order valence-corrected chi connectivity index (χ0v) is 19.3. The highest BCUT2D eigenvalue weighted by Gasteiger charge is 2.23. The zero-order chi connectivity index (χ0) is 23.2. The van der Waals surface area contributed by atoms with E-state index in [-0.39, 0.29) is 5.56 Å². The highest BCUT2D eigenvalue weighted by atomic mass is 17.2. The summed E-state index contributed by atoms with van der Waals surface area (Å²) in [6.45, 7) is 10.3. The molecule has 0 saturated carbocycles. The monoisotopic (exact) mass is 452 g/mol. The standard InChI is InChI=1S/C24H32N6O3/c1-3-28(16-20-17-29(4-2)22-8-6-5-7-21(20)22)15-18-9-11-30(12-10-18)24-25-13-19(14-26-24)23(31)27-33-32/h5-8,13-14,17-18,32H,3-4,9-12,15-16H2,1-2H3,(H,27,31). The highest BCUT2D eigenvalue weighted by molar-refractivity contribution is 5.92. The Hall–Kier alpha value is -3.01. The highest BCUT2D eigenvalue weighted by Crippen LogP contribution is 2.25. The van der Waals surface area contributed by atoms with Gasteiger partial charge < -0.3 is 9.47 Å². The third-order valence-electron chi connectivity index (χ3n) is 6.51. The molecule has 2 N–H and O–H groups in total. The van der Waals surface area contributed by atoms with Gasteiger partial charge in [-0.25, -0.2) is 15.2 Å². The lowest BCUT2D eigenvalue weighted by Gasteiger charge is -2.34. The van der Waals surface area contributed by atoms with E-state index in [1.54, 1.807) is 0 Å². The minimum absolute atomic E-state index is 0.228. The maximum atomic E-state index is 11.6. The van der Waals surface area contributed by atoms with Crippen molar-refractivity contribution in [2.75, 3.05) is 31.1 Å². The molecule has 3 heterocycles. The number of carbonyl (C=O) groups is 1. The Kier molecular flexibility index (Phi) is 7.54. The molecule has 33 heavy (non-hydrogen) atoms. The van der Waals surface area contributed by atoms with E-state index in [2.05, 4.69) is 73.6 Å². The zero-order valence-electron chi connectivity index (χ0n) is 19.3. The van der Waals surface area contributed by atoms with Crippen molar-refractivity contribution in [3.8, 4) is 0 Å². The topological polar surface area (TPSA) is 95.8 Å². The maximum Gasteiger partial charge on any atom is 0.280 e. The first kappa shape index (κ1) is 23.2. The van der Waals surface area contributed by atoms with Gasteiger partial charge in [-0.15, -0.1) is 4.99 Å². The second-order valence-corrected chi connectivity index (χ2v) is 8.51. The number of carbonyl (C=O) groups excluding carboxylic acids is 1. The van der Waals surface area contributed by atoms with Gasteiger partial charge in [0, 0.05) is 62.2 Å². The minimum Gasteiger partial charge on any atom is -0.347 e. The van der Waals surface area contributed by atoms with Crippen molar-refractivity contribution in [1.29, 1.82) is 0 Å². The van der Waals surface area contributed by atoms with Gasteiger partial charge in [0.1, 0.15) is 0 Å². The van der Waals surface area contributed by atoms with E-state index in [4.69, 9.17) is 5.26 Å². The molecule has 0 bridgehead atoms. The number of fused-ring (bicyclic) bond motifs is 1. The Morgan fingerprint density at radius 3 is 2.61 bits per heavy atom. The number of benzene rings is 1. The Morgan fingerprint density at radius 1 is 1.21 bits per heavy atom. The lowest BCUT2D eigenvalue weighted by atomic mass is 9.96. The fourth-order valence-electron chi connectivity index (χ4n) is 4.64. The molecule has 1 aliphatic heterocycles. The molecule has 1 aromatic carbocycles. The van der Waals surface area contributed by atoms with Crippen molar-refractivity contribution in [1.82, 2.24) is 24.9 Å². The fourth-order valence-corrected chi connectivity index (χ4v) is 4.64. The van der Waals surface area contributed by atoms with E-state index in [9.17, 15) is 4.79 Å². The average Bonchev–Trinajstić information content (AvgIpc) is 3.22. The van der Waals surface area contributed by atoms with Crippen molar-refractivity contribution in [2.45, 2.75) is 39.8 Å². The SMILES string of the molecule is CCN(Cc1cn(CC)c2ccccc12)CC1CCN(c2ncc(C(=O)NOO)cn2)CC1. The number of aryl methyl sites for hydroxylation is 1. The van der Waals surface area contributed by atoms with Crippen LogP contribution < -0.4 is 10.4 Å². The smallest absolute Gasteiger partial charge is 0.280 e. The van der Waals surface area contributed by atoms with Crippen LogP contribution in [0.2, 0.25) is 0 Å². The number of nitrogens with zero attached hydrogens (tertiary/aromatic N) is 5. The van der Waals surface area contributed by atoms with Crippen LogP contribution in [0.4, 0.5) is 5.95 Å².